The van der Waals surface area contributed by atoms with Crippen LogP contribution in [0.1, 0.15) is 36.8 Å². The minimum absolute atomic E-state index is 0.0510. The Morgan fingerprint density at radius 1 is 1.03 bits per heavy atom. The van der Waals surface area contributed by atoms with E-state index in [1.54, 1.807) is 4.90 Å². The molecule has 0 aliphatic heterocycles. The molecule has 1 heterocycles. The Morgan fingerprint density at radius 3 is 2.50 bits per heavy atom. The lowest BCUT2D eigenvalue weighted by molar-refractivity contribution is -0.123. The van der Waals surface area contributed by atoms with Gasteiger partial charge in [0.1, 0.15) is 18.1 Å². The molecule has 0 bridgehead atoms. The molecule has 1 N–H and O–H groups in total. The minimum Gasteiger partial charge on any atom is -0.483 e. The van der Waals surface area contributed by atoms with Crippen molar-refractivity contribution < 1.29 is 14.3 Å². The van der Waals surface area contributed by atoms with E-state index in [1.807, 2.05) is 105 Å². The van der Waals surface area contributed by atoms with Crippen LogP contribution in [0.3, 0.4) is 0 Å². The number of carbonyl (C=O) groups is 2. The van der Waals surface area contributed by atoms with Crippen LogP contribution in [0, 0.1) is 13.8 Å². The molecule has 0 fully saturated rings. The van der Waals surface area contributed by atoms with Crippen LogP contribution >= 0.6 is 0 Å². The monoisotopic (exact) mass is 484 g/mol. The number of fused-ring (bicyclic) bond motifs is 1. The fourth-order valence-electron chi connectivity index (χ4n) is 4.28. The molecule has 1 aromatic heterocycles. The molecule has 1 atom stereocenters. The molecular weight excluding hydrogens is 452 g/mol. The van der Waals surface area contributed by atoms with E-state index in [-0.39, 0.29) is 25.0 Å². The number of nitrogens with zero attached hydrogens (tertiary/aromatic N) is 3. The van der Waals surface area contributed by atoms with Crippen molar-refractivity contribution in [3.05, 3.63) is 89.7 Å². The molecule has 0 spiro atoms. The maximum atomic E-state index is 13.4. The van der Waals surface area contributed by atoms with E-state index in [9.17, 15) is 9.59 Å². The van der Waals surface area contributed by atoms with Crippen molar-refractivity contribution in [3.8, 4) is 5.75 Å². The second kappa shape index (κ2) is 11.1. The number of hydrogen-bond donors (Lipinski definition) is 1. The number of amides is 2. The van der Waals surface area contributed by atoms with Crippen molar-refractivity contribution in [1.29, 1.82) is 0 Å². The zero-order valence-electron chi connectivity index (χ0n) is 21.2. The quantitative estimate of drug-likeness (QED) is 0.364. The minimum atomic E-state index is -0.424. The first-order chi connectivity index (χ1) is 17.4. The zero-order valence-corrected chi connectivity index (χ0v) is 21.2. The first kappa shape index (κ1) is 25.0. The Hall–Kier alpha value is -4.13. The number of rotatable bonds is 9. The molecule has 0 aliphatic rings. The molecule has 7 nitrogen and oxygen atoms in total. The third-order valence-corrected chi connectivity index (χ3v) is 6.13. The number of ether oxygens (including phenoxy) is 1. The van der Waals surface area contributed by atoms with Crippen molar-refractivity contribution in [2.24, 2.45) is 0 Å². The van der Waals surface area contributed by atoms with Crippen LogP contribution in [0.25, 0.3) is 11.0 Å². The molecule has 4 aromatic rings. The second-order valence-corrected chi connectivity index (χ2v) is 8.87. The number of aromatic nitrogens is 2. The summed E-state index contributed by atoms with van der Waals surface area (Å²) in [6.07, 6.45) is 0. The number of carbonyl (C=O) groups excluding carboxylic acids is 2. The van der Waals surface area contributed by atoms with Gasteiger partial charge in [-0.05, 0) is 69.2 Å². The van der Waals surface area contributed by atoms with Gasteiger partial charge in [-0.15, -0.1) is 0 Å². The van der Waals surface area contributed by atoms with Crippen molar-refractivity contribution in [2.75, 3.05) is 18.1 Å². The topological polar surface area (TPSA) is 76.5 Å². The average molecular weight is 485 g/mol. The molecule has 2 amide bonds. The van der Waals surface area contributed by atoms with Crippen LogP contribution < -0.4 is 15.0 Å². The number of anilines is 1. The van der Waals surface area contributed by atoms with E-state index < -0.39 is 6.04 Å². The van der Waals surface area contributed by atoms with Gasteiger partial charge in [0.2, 0.25) is 5.91 Å². The van der Waals surface area contributed by atoms with Crippen LogP contribution in [-0.2, 0) is 16.1 Å². The van der Waals surface area contributed by atoms with Crippen molar-refractivity contribution in [3.63, 3.8) is 0 Å². The van der Waals surface area contributed by atoms with Gasteiger partial charge >= 0.3 is 0 Å². The lowest BCUT2D eigenvalue weighted by Gasteiger charge is -2.23. The van der Waals surface area contributed by atoms with E-state index >= 15 is 0 Å². The number of imidazole rings is 1. The van der Waals surface area contributed by atoms with Crippen molar-refractivity contribution >= 4 is 28.5 Å². The Kier molecular flexibility index (Phi) is 7.68. The molecule has 0 saturated carbocycles. The highest BCUT2D eigenvalue weighted by atomic mass is 16.5. The number of hydrogen-bond acceptors (Lipinski definition) is 4. The average Bonchev–Trinajstić information content (AvgIpc) is 3.24. The van der Waals surface area contributed by atoms with Gasteiger partial charge in [-0.3, -0.25) is 9.59 Å². The number of nitrogens with one attached hydrogen (secondary N) is 1. The summed E-state index contributed by atoms with van der Waals surface area (Å²) in [5.41, 5.74) is 4.51. The summed E-state index contributed by atoms with van der Waals surface area (Å²) in [5, 5.41) is 2.98. The summed E-state index contributed by atoms with van der Waals surface area (Å²) in [6.45, 7) is 8.31. The summed E-state index contributed by atoms with van der Waals surface area (Å²) in [6, 6.07) is 22.8. The smallest absolute Gasteiger partial charge is 0.258 e. The second-order valence-electron chi connectivity index (χ2n) is 8.87. The maximum absolute atomic E-state index is 13.4. The third-order valence-electron chi connectivity index (χ3n) is 6.13. The highest BCUT2D eigenvalue weighted by molar-refractivity contribution is 5.94. The summed E-state index contributed by atoms with van der Waals surface area (Å²) in [5.74, 6) is 1.00. The van der Waals surface area contributed by atoms with Gasteiger partial charge in [0.05, 0.1) is 17.1 Å². The van der Waals surface area contributed by atoms with Gasteiger partial charge in [-0.2, -0.15) is 0 Å². The van der Waals surface area contributed by atoms with Crippen LogP contribution in [0.2, 0.25) is 0 Å². The van der Waals surface area contributed by atoms with E-state index in [4.69, 9.17) is 9.72 Å². The summed E-state index contributed by atoms with van der Waals surface area (Å²) in [7, 11) is 0. The molecule has 0 radical (unpaired) electrons. The fraction of sp³-hybridized carbons (Fsp3) is 0.276. The van der Waals surface area contributed by atoms with Crippen LogP contribution in [0.5, 0.6) is 5.75 Å². The van der Waals surface area contributed by atoms with Crippen molar-refractivity contribution in [1.82, 2.24) is 14.9 Å². The molecule has 186 valence electrons. The third kappa shape index (κ3) is 5.57. The summed E-state index contributed by atoms with van der Waals surface area (Å²) >= 11 is 0. The normalized spacial score (nSPS) is 11.8. The lowest BCUT2D eigenvalue weighted by atomic mass is 10.1. The highest BCUT2D eigenvalue weighted by Gasteiger charge is 2.22. The van der Waals surface area contributed by atoms with E-state index in [0.29, 0.717) is 18.1 Å². The Balaban J connectivity index is 1.53. The number of aryl methyl sites for hydroxylation is 2. The highest BCUT2D eigenvalue weighted by Crippen LogP contribution is 2.23. The van der Waals surface area contributed by atoms with Crippen LogP contribution in [0.4, 0.5) is 5.69 Å². The fourth-order valence-corrected chi connectivity index (χ4v) is 4.28. The predicted octanol–water partition coefficient (Wildman–Crippen LogP) is 4.96. The van der Waals surface area contributed by atoms with Crippen LogP contribution in [-0.4, -0.2) is 34.5 Å². The molecule has 0 saturated heterocycles. The molecule has 4 rings (SSSR count). The van der Waals surface area contributed by atoms with Crippen LogP contribution in [0.15, 0.2) is 72.8 Å². The molecule has 1 unspecified atom stereocenters. The summed E-state index contributed by atoms with van der Waals surface area (Å²) < 4.78 is 7.65. The number of para-hydroxylation sites is 3. The molecule has 3 aromatic carbocycles. The van der Waals surface area contributed by atoms with E-state index in [1.165, 1.54) is 0 Å². The van der Waals surface area contributed by atoms with Crippen molar-refractivity contribution in [2.45, 2.75) is 40.3 Å². The van der Waals surface area contributed by atoms with Gasteiger partial charge in [0.15, 0.2) is 6.61 Å². The Labute approximate surface area is 211 Å². The van der Waals surface area contributed by atoms with Gasteiger partial charge in [-0.25, -0.2) is 4.98 Å². The number of likely N-dealkylation sites (N-methyl/N-ethyl adjacent to an activating group) is 1. The van der Waals surface area contributed by atoms with Gasteiger partial charge < -0.3 is 19.5 Å². The standard InChI is InChI=1S/C29H32N4O3/c1-5-32(23-11-7-6-8-12-23)28(35)18-33-25-14-10-9-13-24(25)31-29(33)22(4)30-27(34)19-36-26-17-20(2)15-16-21(26)3/h6-17,22H,5,18-19H2,1-4H3,(H,30,34). The number of benzene rings is 3. The van der Waals surface area contributed by atoms with E-state index in [2.05, 4.69) is 5.32 Å². The van der Waals surface area contributed by atoms with Gasteiger partial charge in [-0.1, -0.05) is 42.5 Å². The Morgan fingerprint density at radius 2 is 1.75 bits per heavy atom. The van der Waals surface area contributed by atoms with Gasteiger partial charge in [0, 0.05) is 12.2 Å². The van der Waals surface area contributed by atoms with Gasteiger partial charge in [0.25, 0.3) is 5.91 Å². The first-order valence-electron chi connectivity index (χ1n) is 12.2. The predicted molar refractivity (Wildman–Crippen MR) is 142 cm³/mol. The molecule has 36 heavy (non-hydrogen) atoms. The summed E-state index contributed by atoms with van der Waals surface area (Å²) in [4.78, 5) is 32.6. The maximum Gasteiger partial charge on any atom is 0.258 e. The Bertz CT molecular complexity index is 1360. The molecule has 0 aliphatic carbocycles. The first-order valence-corrected chi connectivity index (χ1v) is 12.2. The largest absolute Gasteiger partial charge is 0.483 e. The molecule has 7 heteroatoms. The zero-order chi connectivity index (χ0) is 25.7. The lowest BCUT2D eigenvalue weighted by Crippen LogP contribution is -2.36. The van der Waals surface area contributed by atoms with E-state index in [0.717, 1.165) is 27.8 Å². The SMILES string of the molecule is CCN(C(=O)Cn1c(C(C)NC(=O)COc2cc(C)ccc2C)nc2ccccc21)c1ccccc1. The molecular formula is C29H32N4O3.